The molecule has 0 bridgehead atoms. The summed E-state index contributed by atoms with van der Waals surface area (Å²) in [6.07, 6.45) is 15.4. The molecule has 27 heavy (non-hydrogen) atoms. The summed E-state index contributed by atoms with van der Waals surface area (Å²) in [5.74, 6) is 3.94. The van der Waals surface area contributed by atoms with Crippen LogP contribution in [0.3, 0.4) is 0 Å². The summed E-state index contributed by atoms with van der Waals surface area (Å²) in [7, 11) is 2.03. The van der Waals surface area contributed by atoms with E-state index in [9.17, 15) is 0 Å². The van der Waals surface area contributed by atoms with Crippen LogP contribution in [0.1, 0.15) is 60.9 Å². The standard InChI is InChI=1S/C25H36N2/c1-7-21-9-10-24(16-21)22(13-14-27-8-2)11-12-23-17-25(20(5)26-6)19(4)15-18(23)3/h1,8,10,15,17,20-22,26-27H,2,9,11-14,16H2,3-6H3. The van der Waals surface area contributed by atoms with E-state index in [1.165, 1.54) is 28.7 Å². The highest BCUT2D eigenvalue weighted by Gasteiger charge is 2.22. The molecule has 2 nitrogen and oxygen atoms in total. The van der Waals surface area contributed by atoms with Crippen LogP contribution in [-0.2, 0) is 6.42 Å². The van der Waals surface area contributed by atoms with E-state index in [1.54, 1.807) is 11.8 Å². The van der Waals surface area contributed by atoms with Crippen molar-refractivity contribution in [3.05, 3.63) is 58.8 Å². The second-order valence-electron chi connectivity index (χ2n) is 7.91. The topological polar surface area (TPSA) is 24.1 Å². The molecule has 3 atom stereocenters. The molecule has 0 radical (unpaired) electrons. The molecule has 2 N–H and O–H groups in total. The van der Waals surface area contributed by atoms with Crippen molar-refractivity contribution in [2.75, 3.05) is 13.6 Å². The van der Waals surface area contributed by atoms with E-state index in [1.807, 2.05) is 7.05 Å². The first kappa shape index (κ1) is 21.3. The Hall–Kier alpha value is -1.98. The molecule has 0 spiro atoms. The zero-order chi connectivity index (χ0) is 19.8. The minimum Gasteiger partial charge on any atom is -0.391 e. The van der Waals surface area contributed by atoms with Gasteiger partial charge in [0.25, 0.3) is 0 Å². The molecule has 1 aromatic rings. The Morgan fingerprint density at radius 3 is 2.70 bits per heavy atom. The maximum atomic E-state index is 5.66. The van der Waals surface area contributed by atoms with E-state index in [2.05, 4.69) is 62.1 Å². The number of hydrogen-bond acceptors (Lipinski definition) is 2. The molecule has 0 heterocycles. The number of terminal acetylenes is 1. The van der Waals surface area contributed by atoms with E-state index < -0.39 is 0 Å². The van der Waals surface area contributed by atoms with Crippen molar-refractivity contribution in [1.29, 1.82) is 0 Å². The lowest BCUT2D eigenvalue weighted by Crippen LogP contribution is -2.16. The summed E-state index contributed by atoms with van der Waals surface area (Å²) in [6.45, 7) is 11.4. The van der Waals surface area contributed by atoms with Crippen molar-refractivity contribution in [3.8, 4) is 12.3 Å². The quantitative estimate of drug-likeness (QED) is 0.338. The SMILES string of the molecule is C#CC1CC=C(C(CCNC=C)CCc2cc(C(C)NC)c(C)cc2C)C1. The van der Waals surface area contributed by atoms with Gasteiger partial charge in [0.1, 0.15) is 0 Å². The van der Waals surface area contributed by atoms with E-state index in [-0.39, 0.29) is 0 Å². The summed E-state index contributed by atoms with van der Waals surface area (Å²) in [4.78, 5) is 0. The molecule has 2 heteroatoms. The fourth-order valence-electron chi connectivity index (χ4n) is 4.22. The lowest BCUT2D eigenvalue weighted by Gasteiger charge is -2.21. The highest BCUT2D eigenvalue weighted by Crippen LogP contribution is 2.34. The highest BCUT2D eigenvalue weighted by atomic mass is 14.9. The fourth-order valence-corrected chi connectivity index (χ4v) is 4.22. The predicted molar refractivity (Wildman–Crippen MR) is 118 cm³/mol. The smallest absolute Gasteiger partial charge is 0.0291 e. The maximum Gasteiger partial charge on any atom is 0.0291 e. The summed E-state index contributed by atoms with van der Waals surface area (Å²) >= 11 is 0. The molecule has 0 fully saturated rings. The summed E-state index contributed by atoms with van der Waals surface area (Å²) < 4.78 is 0. The van der Waals surface area contributed by atoms with Crippen molar-refractivity contribution in [2.24, 2.45) is 11.8 Å². The molecule has 0 saturated heterocycles. The maximum absolute atomic E-state index is 5.66. The Balaban J connectivity index is 2.11. The first-order chi connectivity index (χ1) is 13.0. The molecule has 3 unspecified atom stereocenters. The summed E-state index contributed by atoms with van der Waals surface area (Å²) in [5.41, 5.74) is 7.24. The van der Waals surface area contributed by atoms with Crippen LogP contribution in [-0.4, -0.2) is 13.6 Å². The van der Waals surface area contributed by atoms with Crippen LogP contribution in [0.2, 0.25) is 0 Å². The molecule has 0 amide bonds. The van der Waals surface area contributed by atoms with Gasteiger partial charge >= 0.3 is 0 Å². The van der Waals surface area contributed by atoms with Gasteiger partial charge in [0, 0.05) is 18.5 Å². The second-order valence-corrected chi connectivity index (χ2v) is 7.91. The number of hydrogen-bond donors (Lipinski definition) is 2. The van der Waals surface area contributed by atoms with Crippen molar-refractivity contribution in [3.63, 3.8) is 0 Å². The van der Waals surface area contributed by atoms with E-state index in [4.69, 9.17) is 6.42 Å². The van der Waals surface area contributed by atoms with Crippen molar-refractivity contribution >= 4 is 0 Å². The average molecular weight is 365 g/mol. The lowest BCUT2D eigenvalue weighted by atomic mass is 9.86. The van der Waals surface area contributed by atoms with Crippen molar-refractivity contribution < 1.29 is 0 Å². The van der Waals surface area contributed by atoms with Crippen LogP contribution in [0.4, 0.5) is 0 Å². The Bertz CT molecular complexity index is 708. The van der Waals surface area contributed by atoms with Crippen LogP contribution in [0.25, 0.3) is 0 Å². The Kier molecular flexibility index (Phi) is 8.20. The third-order valence-corrected chi connectivity index (χ3v) is 6.07. The highest BCUT2D eigenvalue weighted by molar-refractivity contribution is 5.39. The Morgan fingerprint density at radius 2 is 2.07 bits per heavy atom. The third kappa shape index (κ3) is 5.75. The second kappa shape index (κ2) is 10.4. The van der Waals surface area contributed by atoms with Gasteiger partial charge in [-0.25, -0.2) is 0 Å². The van der Waals surface area contributed by atoms with Crippen LogP contribution in [0.5, 0.6) is 0 Å². The first-order valence-electron chi connectivity index (χ1n) is 10.3. The van der Waals surface area contributed by atoms with Gasteiger partial charge in [0.05, 0.1) is 0 Å². The Labute approximate surface area is 166 Å². The number of nitrogens with one attached hydrogen (secondary N) is 2. The largest absolute Gasteiger partial charge is 0.391 e. The predicted octanol–water partition coefficient (Wildman–Crippen LogP) is 5.23. The van der Waals surface area contributed by atoms with Gasteiger partial charge in [-0.15, -0.1) is 12.3 Å². The van der Waals surface area contributed by atoms with Crippen molar-refractivity contribution in [2.45, 2.75) is 58.9 Å². The van der Waals surface area contributed by atoms with E-state index >= 15 is 0 Å². The fraction of sp³-hybridized carbons (Fsp3) is 0.520. The molecular weight excluding hydrogens is 328 g/mol. The van der Waals surface area contributed by atoms with Crippen LogP contribution in [0, 0.1) is 38.0 Å². The molecule has 1 aliphatic rings. The average Bonchev–Trinajstić information content (AvgIpc) is 3.14. The molecule has 1 aromatic carbocycles. The molecule has 0 saturated carbocycles. The molecule has 2 rings (SSSR count). The number of allylic oxidation sites excluding steroid dienone is 2. The van der Waals surface area contributed by atoms with Crippen LogP contribution in [0.15, 0.2) is 36.6 Å². The lowest BCUT2D eigenvalue weighted by molar-refractivity contribution is 0.492. The van der Waals surface area contributed by atoms with Crippen LogP contribution >= 0.6 is 0 Å². The van der Waals surface area contributed by atoms with E-state index in [0.29, 0.717) is 17.9 Å². The Morgan fingerprint density at radius 1 is 1.30 bits per heavy atom. The van der Waals surface area contributed by atoms with Gasteiger partial charge in [0.2, 0.25) is 0 Å². The normalized spacial score (nSPS) is 18.5. The zero-order valence-corrected chi connectivity index (χ0v) is 17.6. The van der Waals surface area contributed by atoms with Gasteiger partial charge in [-0.3, -0.25) is 0 Å². The first-order valence-corrected chi connectivity index (χ1v) is 10.3. The zero-order valence-electron chi connectivity index (χ0n) is 17.6. The van der Waals surface area contributed by atoms with Gasteiger partial charge in [0.15, 0.2) is 0 Å². The molecule has 146 valence electrons. The van der Waals surface area contributed by atoms with Gasteiger partial charge in [-0.1, -0.05) is 30.4 Å². The molecule has 1 aliphatic carbocycles. The third-order valence-electron chi connectivity index (χ3n) is 6.07. The number of rotatable bonds is 10. The van der Waals surface area contributed by atoms with Gasteiger partial charge < -0.3 is 10.6 Å². The number of benzene rings is 1. The molecular formula is C25H36N2. The minimum atomic E-state index is 0.380. The van der Waals surface area contributed by atoms with E-state index in [0.717, 1.165) is 32.2 Å². The van der Waals surface area contributed by atoms with Gasteiger partial charge in [-0.05, 0) is 94.3 Å². The van der Waals surface area contributed by atoms with Crippen molar-refractivity contribution in [1.82, 2.24) is 10.6 Å². The van der Waals surface area contributed by atoms with Gasteiger partial charge in [-0.2, -0.15) is 0 Å². The van der Waals surface area contributed by atoms with Crippen LogP contribution < -0.4 is 10.6 Å². The molecule has 0 aliphatic heterocycles. The minimum absolute atomic E-state index is 0.380. The number of aryl methyl sites for hydroxylation is 3. The summed E-state index contributed by atoms with van der Waals surface area (Å²) in [5, 5.41) is 6.64. The molecule has 0 aromatic heterocycles. The summed E-state index contributed by atoms with van der Waals surface area (Å²) in [6, 6.07) is 5.14. The monoisotopic (exact) mass is 364 g/mol.